The van der Waals surface area contributed by atoms with Gasteiger partial charge in [-0.05, 0) is 29.4 Å². The molecule has 1 nitrogen and oxygen atoms in total. The van der Waals surface area contributed by atoms with Gasteiger partial charge in [-0.3, -0.25) is 0 Å². The molecule has 1 heteroatoms. The molecule has 88 valence electrons. The zero-order valence-corrected chi connectivity index (χ0v) is 10.2. The van der Waals surface area contributed by atoms with E-state index in [-0.39, 0.29) is 5.41 Å². The number of carbonyl (C=O) groups is 1. The Morgan fingerprint density at radius 3 is 2.65 bits per heavy atom. The van der Waals surface area contributed by atoms with Gasteiger partial charge in [-0.2, -0.15) is 0 Å². The molecular formula is C16H18O. The number of aldehydes is 1. The van der Waals surface area contributed by atoms with Crippen LogP contribution in [0.5, 0.6) is 0 Å². The van der Waals surface area contributed by atoms with Gasteiger partial charge in [0.15, 0.2) is 0 Å². The van der Waals surface area contributed by atoms with Gasteiger partial charge in [0, 0.05) is 6.42 Å². The van der Waals surface area contributed by atoms with Crippen molar-refractivity contribution in [2.45, 2.75) is 26.2 Å². The van der Waals surface area contributed by atoms with Crippen molar-refractivity contribution in [1.29, 1.82) is 0 Å². The van der Waals surface area contributed by atoms with Crippen molar-refractivity contribution in [1.82, 2.24) is 0 Å². The molecule has 2 rings (SSSR count). The van der Waals surface area contributed by atoms with E-state index in [1.165, 1.54) is 11.1 Å². The Morgan fingerprint density at radius 1 is 1.29 bits per heavy atom. The molecule has 0 aliphatic heterocycles. The zero-order valence-electron chi connectivity index (χ0n) is 10.2. The van der Waals surface area contributed by atoms with E-state index in [1.54, 1.807) is 0 Å². The second-order valence-corrected chi connectivity index (χ2v) is 4.92. The van der Waals surface area contributed by atoms with Crippen LogP contribution in [0, 0.1) is 5.41 Å². The third kappa shape index (κ3) is 2.94. The second kappa shape index (κ2) is 5.13. The number of carbonyl (C=O) groups excluding carboxylic acids is 1. The number of benzene rings is 1. The van der Waals surface area contributed by atoms with Crippen LogP contribution in [0.4, 0.5) is 0 Å². The van der Waals surface area contributed by atoms with Crippen LogP contribution < -0.4 is 0 Å². The van der Waals surface area contributed by atoms with Gasteiger partial charge in [0.1, 0.15) is 6.29 Å². The molecule has 1 atom stereocenters. The fourth-order valence-corrected chi connectivity index (χ4v) is 2.19. The summed E-state index contributed by atoms with van der Waals surface area (Å²) in [4.78, 5) is 10.4. The summed E-state index contributed by atoms with van der Waals surface area (Å²) >= 11 is 0. The predicted octanol–water partition coefficient (Wildman–Crippen LogP) is 4.02. The van der Waals surface area contributed by atoms with Crippen molar-refractivity contribution >= 4 is 11.9 Å². The Balaban J connectivity index is 2.08. The van der Waals surface area contributed by atoms with Gasteiger partial charge in [-0.1, -0.05) is 55.5 Å². The van der Waals surface area contributed by atoms with E-state index in [0.29, 0.717) is 6.42 Å². The molecule has 1 aliphatic rings. The van der Waals surface area contributed by atoms with Gasteiger partial charge in [0.25, 0.3) is 0 Å². The largest absolute Gasteiger partial charge is 0.303 e. The van der Waals surface area contributed by atoms with Crippen LogP contribution in [0.1, 0.15) is 31.7 Å². The van der Waals surface area contributed by atoms with Gasteiger partial charge < -0.3 is 4.79 Å². The summed E-state index contributed by atoms with van der Waals surface area (Å²) in [7, 11) is 0. The highest BCUT2D eigenvalue weighted by Crippen LogP contribution is 2.36. The van der Waals surface area contributed by atoms with Gasteiger partial charge in [-0.15, -0.1) is 0 Å². The van der Waals surface area contributed by atoms with Crippen LogP contribution in [0.2, 0.25) is 0 Å². The minimum atomic E-state index is 0.152. The van der Waals surface area contributed by atoms with Crippen LogP contribution in [0.25, 0.3) is 5.57 Å². The number of hydrogen-bond acceptors (Lipinski definition) is 1. The van der Waals surface area contributed by atoms with E-state index < -0.39 is 0 Å². The van der Waals surface area contributed by atoms with E-state index >= 15 is 0 Å². The molecule has 0 fully saturated rings. The van der Waals surface area contributed by atoms with Crippen molar-refractivity contribution in [3.05, 3.63) is 54.1 Å². The van der Waals surface area contributed by atoms with Crippen LogP contribution in [-0.4, -0.2) is 6.29 Å². The number of hydrogen-bond donors (Lipinski definition) is 0. The molecule has 0 N–H and O–H groups in total. The highest BCUT2D eigenvalue weighted by atomic mass is 16.1. The van der Waals surface area contributed by atoms with Gasteiger partial charge in [0.05, 0.1) is 0 Å². The third-order valence-corrected chi connectivity index (χ3v) is 3.39. The average Bonchev–Trinajstić information content (AvgIpc) is 2.38. The fourth-order valence-electron chi connectivity index (χ4n) is 2.19. The maximum Gasteiger partial charge on any atom is 0.120 e. The Hall–Kier alpha value is -1.63. The standard InChI is InChI=1S/C16H18O/c1-16(10-5-13-17)11-8-15(9-12-16)14-6-3-2-4-7-14/h2-4,6-9,11,13H,5,10,12H2,1H3. The molecule has 0 saturated carbocycles. The SMILES string of the molecule is CC1(CCC=O)C=CC(c2ccccc2)=CC1. The molecule has 1 aliphatic carbocycles. The quantitative estimate of drug-likeness (QED) is 0.709. The molecule has 17 heavy (non-hydrogen) atoms. The van der Waals surface area contributed by atoms with Gasteiger partial charge in [0.2, 0.25) is 0 Å². The summed E-state index contributed by atoms with van der Waals surface area (Å²) in [6, 6.07) is 10.4. The molecule has 0 aromatic heterocycles. The topological polar surface area (TPSA) is 17.1 Å². The summed E-state index contributed by atoms with van der Waals surface area (Å²) in [6.07, 6.45) is 10.3. The first-order valence-electron chi connectivity index (χ1n) is 6.12. The van der Waals surface area contributed by atoms with Crippen molar-refractivity contribution in [2.24, 2.45) is 5.41 Å². The predicted molar refractivity (Wildman–Crippen MR) is 71.6 cm³/mol. The number of rotatable bonds is 4. The van der Waals surface area contributed by atoms with Crippen molar-refractivity contribution < 1.29 is 4.79 Å². The lowest BCUT2D eigenvalue weighted by molar-refractivity contribution is -0.108. The summed E-state index contributed by atoms with van der Waals surface area (Å²) in [5, 5.41) is 0. The van der Waals surface area contributed by atoms with Crippen LogP contribution in [0.3, 0.4) is 0 Å². The Kier molecular flexibility index (Phi) is 3.58. The maximum absolute atomic E-state index is 10.4. The molecule has 0 saturated heterocycles. The molecule has 1 aromatic carbocycles. The number of allylic oxidation sites excluding steroid dienone is 4. The summed E-state index contributed by atoms with van der Waals surface area (Å²) < 4.78 is 0. The first kappa shape index (κ1) is 11.8. The van der Waals surface area contributed by atoms with E-state index in [0.717, 1.165) is 19.1 Å². The maximum atomic E-state index is 10.4. The molecular weight excluding hydrogens is 208 g/mol. The normalized spacial score (nSPS) is 23.2. The molecule has 0 spiro atoms. The Labute approximate surface area is 103 Å². The van der Waals surface area contributed by atoms with Crippen LogP contribution in [0.15, 0.2) is 48.6 Å². The monoisotopic (exact) mass is 226 g/mol. The molecule has 0 heterocycles. The Bertz CT molecular complexity index is 442. The van der Waals surface area contributed by atoms with Gasteiger partial charge >= 0.3 is 0 Å². The van der Waals surface area contributed by atoms with Crippen molar-refractivity contribution in [3.8, 4) is 0 Å². The third-order valence-electron chi connectivity index (χ3n) is 3.39. The molecule has 1 unspecified atom stereocenters. The summed E-state index contributed by atoms with van der Waals surface area (Å²) in [6.45, 7) is 2.21. The second-order valence-electron chi connectivity index (χ2n) is 4.92. The average molecular weight is 226 g/mol. The molecule has 0 radical (unpaired) electrons. The summed E-state index contributed by atoms with van der Waals surface area (Å²) in [5.74, 6) is 0. The molecule has 0 amide bonds. The first-order chi connectivity index (χ1) is 8.23. The van der Waals surface area contributed by atoms with Crippen molar-refractivity contribution in [3.63, 3.8) is 0 Å². The summed E-state index contributed by atoms with van der Waals surface area (Å²) in [5.41, 5.74) is 2.70. The van der Waals surface area contributed by atoms with E-state index in [1.807, 2.05) is 6.07 Å². The van der Waals surface area contributed by atoms with Crippen LogP contribution >= 0.6 is 0 Å². The highest BCUT2D eigenvalue weighted by Gasteiger charge is 2.22. The highest BCUT2D eigenvalue weighted by molar-refractivity contribution is 5.75. The minimum Gasteiger partial charge on any atom is -0.303 e. The van der Waals surface area contributed by atoms with Crippen molar-refractivity contribution in [2.75, 3.05) is 0 Å². The zero-order chi connectivity index (χ0) is 12.1. The Morgan fingerprint density at radius 2 is 2.06 bits per heavy atom. The van der Waals surface area contributed by atoms with E-state index in [9.17, 15) is 4.79 Å². The minimum absolute atomic E-state index is 0.152. The van der Waals surface area contributed by atoms with E-state index in [4.69, 9.17) is 0 Å². The lowest BCUT2D eigenvalue weighted by atomic mass is 9.77. The van der Waals surface area contributed by atoms with Gasteiger partial charge in [-0.25, -0.2) is 0 Å². The first-order valence-corrected chi connectivity index (χ1v) is 6.12. The van der Waals surface area contributed by atoms with E-state index in [2.05, 4.69) is 49.4 Å². The molecule has 1 aromatic rings. The smallest absolute Gasteiger partial charge is 0.120 e. The lowest BCUT2D eigenvalue weighted by Crippen LogP contribution is -2.14. The lowest BCUT2D eigenvalue weighted by Gasteiger charge is -2.27. The fraction of sp³-hybridized carbons (Fsp3) is 0.312. The van der Waals surface area contributed by atoms with Crippen LogP contribution in [-0.2, 0) is 4.79 Å². The molecule has 0 bridgehead atoms.